The third kappa shape index (κ3) is 3.40. The van der Waals surface area contributed by atoms with Crippen molar-refractivity contribution < 1.29 is 17.9 Å². The Balaban J connectivity index is 2.38. The van der Waals surface area contributed by atoms with E-state index in [0.717, 1.165) is 30.3 Å². The molecule has 0 spiro atoms. The molecule has 110 valence electrons. The second-order valence-corrected chi connectivity index (χ2v) is 5.62. The molecule has 0 saturated heterocycles. The molecule has 0 aliphatic rings. The van der Waals surface area contributed by atoms with E-state index in [0.29, 0.717) is 0 Å². The van der Waals surface area contributed by atoms with Crippen LogP contribution in [-0.2, 0) is 16.6 Å². The molecule has 0 aliphatic carbocycles. The van der Waals surface area contributed by atoms with Crippen molar-refractivity contribution in [2.24, 2.45) is 0 Å². The van der Waals surface area contributed by atoms with Crippen LogP contribution in [0.5, 0.6) is 0 Å². The lowest BCUT2D eigenvalue weighted by molar-refractivity contribution is -0.385. The van der Waals surface area contributed by atoms with E-state index in [2.05, 4.69) is 0 Å². The number of anilines is 1. The van der Waals surface area contributed by atoms with Gasteiger partial charge in [0.2, 0.25) is 0 Å². The largest absolute Gasteiger partial charge is 0.398 e. The van der Waals surface area contributed by atoms with Gasteiger partial charge in [0.1, 0.15) is 11.6 Å². The maximum absolute atomic E-state index is 13.2. The van der Waals surface area contributed by atoms with Crippen molar-refractivity contribution >= 4 is 22.2 Å². The Kier molecular flexibility index (Phi) is 4.27. The Morgan fingerprint density at radius 3 is 2.43 bits per heavy atom. The predicted molar refractivity (Wildman–Crippen MR) is 74.0 cm³/mol. The van der Waals surface area contributed by atoms with Crippen LogP contribution in [0, 0.1) is 21.7 Å². The lowest BCUT2D eigenvalue weighted by Gasteiger charge is -2.07. The highest BCUT2D eigenvalue weighted by Crippen LogP contribution is 2.25. The van der Waals surface area contributed by atoms with Crippen molar-refractivity contribution in [2.75, 3.05) is 5.73 Å². The summed E-state index contributed by atoms with van der Waals surface area (Å²) in [7, 11) is -1.83. The minimum absolute atomic E-state index is 0.0218. The van der Waals surface area contributed by atoms with Crippen molar-refractivity contribution in [3.8, 4) is 0 Å². The maximum atomic E-state index is 13.2. The highest BCUT2D eigenvalue weighted by Gasteiger charge is 2.19. The third-order valence-electron chi connectivity index (χ3n) is 2.75. The number of nitro groups is 1. The summed E-state index contributed by atoms with van der Waals surface area (Å²) in [5.74, 6) is -1.64. The molecule has 2 aromatic carbocycles. The smallest absolute Gasteiger partial charge is 0.273 e. The van der Waals surface area contributed by atoms with Crippen molar-refractivity contribution in [3.63, 3.8) is 0 Å². The molecule has 1 atom stereocenters. The molecule has 21 heavy (non-hydrogen) atoms. The number of rotatable bonds is 4. The number of nitrogen functional groups attached to an aromatic ring is 1. The molecule has 0 fully saturated rings. The Hall–Kier alpha value is -2.35. The predicted octanol–water partition coefficient (Wildman–Crippen LogP) is 2.76. The number of halogens is 2. The molecule has 0 aromatic heterocycles. The fourth-order valence-electron chi connectivity index (χ4n) is 1.77. The molecule has 8 heteroatoms. The number of nitrogens with two attached hydrogens (primary N) is 1. The SMILES string of the molecule is Nc1ccc(F)cc1S(=O)Cc1cc(F)ccc1[N+](=O)[O-]. The summed E-state index contributed by atoms with van der Waals surface area (Å²) in [6.07, 6.45) is 0. The van der Waals surface area contributed by atoms with Crippen LogP contribution in [-0.4, -0.2) is 9.13 Å². The summed E-state index contributed by atoms with van der Waals surface area (Å²) < 4.78 is 38.6. The Bertz CT molecular complexity index is 737. The molecule has 2 N–H and O–H groups in total. The fraction of sp³-hybridized carbons (Fsp3) is 0.0769. The molecular weight excluding hydrogens is 302 g/mol. The number of hydrogen-bond donors (Lipinski definition) is 1. The first kappa shape index (κ1) is 15.0. The van der Waals surface area contributed by atoms with Crippen molar-refractivity contribution in [2.45, 2.75) is 10.6 Å². The first-order valence-electron chi connectivity index (χ1n) is 5.74. The fourth-order valence-corrected chi connectivity index (χ4v) is 3.02. The van der Waals surface area contributed by atoms with E-state index in [-0.39, 0.29) is 27.6 Å². The van der Waals surface area contributed by atoms with Crippen LogP contribution in [0.4, 0.5) is 20.2 Å². The second kappa shape index (κ2) is 5.96. The van der Waals surface area contributed by atoms with Gasteiger partial charge < -0.3 is 5.73 Å². The molecule has 2 aromatic rings. The van der Waals surface area contributed by atoms with Gasteiger partial charge in [-0.05, 0) is 30.3 Å². The Labute approximate surface area is 121 Å². The summed E-state index contributed by atoms with van der Waals surface area (Å²) >= 11 is 0. The van der Waals surface area contributed by atoms with E-state index < -0.39 is 27.4 Å². The minimum Gasteiger partial charge on any atom is -0.398 e. The topological polar surface area (TPSA) is 86.2 Å². The number of benzene rings is 2. The Morgan fingerprint density at radius 2 is 1.76 bits per heavy atom. The summed E-state index contributed by atoms with van der Waals surface area (Å²) in [6.45, 7) is 0. The van der Waals surface area contributed by atoms with Gasteiger partial charge in [0.15, 0.2) is 0 Å². The van der Waals surface area contributed by atoms with Gasteiger partial charge >= 0.3 is 0 Å². The molecular formula is C13H10F2N2O3S. The van der Waals surface area contributed by atoms with Crippen LogP contribution in [0.15, 0.2) is 41.3 Å². The second-order valence-electron chi connectivity index (χ2n) is 4.20. The first-order chi connectivity index (χ1) is 9.88. The van der Waals surface area contributed by atoms with Gasteiger partial charge in [0.05, 0.1) is 26.4 Å². The number of nitrogens with zero attached hydrogens (tertiary/aromatic N) is 1. The van der Waals surface area contributed by atoms with Gasteiger partial charge in [-0.2, -0.15) is 0 Å². The zero-order valence-corrected chi connectivity index (χ0v) is 11.4. The maximum Gasteiger partial charge on any atom is 0.273 e. The van der Waals surface area contributed by atoms with E-state index in [4.69, 9.17) is 5.73 Å². The molecule has 1 unspecified atom stereocenters. The van der Waals surface area contributed by atoms with Crippen molar-refractivity contribution in [3.05, 3.63) is 63.7 Å². The van der Waals surface area contributed by atoms with E-state index in [1.807, 2.05) is 0 Å². The molecule has 0 aliphatic heterocycles. The standard InChI is InChI=1S/C13H10F2N2O3S/c14-9-2-4-12(17(18)19)8(5-9)7-21(20)13-6-10(15)1-3-11(13)16/h1-6H,7,16H2. The van der Waals surface area contributed by atoms with Gasteiger partial charge in [0, 0.05) is 17.3 Å². The van der Waals surface area contributed by atoms with E-state index in [1.165, 1.54) is 6.07 Å². The third-order valence-corrected chi connectivity index (χ3v) is 4.16. The van der Waals surface area contributed by atoms with Crippen molar-refractivity contribution in [1.82, 2.24) is 0 Å². The van der Waals surface area contributed by atoms with Crippen molar-refractivity contribution in [1.29, 1.82) is 0 Å². The normalized spacial score (nSPS) is 12.1. The monoisotopic (exact) mass is 312 g/mol. The number of nitro benzene ring substituents is 1. The molecule has 0 amide bonds. The van der Waals surface area contributed by atoms with Gasteiger partial charge in [-0.1, -0.05) is 0 Å². The minimum atomic E-state index is -1.83. The van der Waals surface area contributed by atoms with E-state index in [1.54, 1.807) is 0 Å². The van der Waals surface area contributed by atoms with Gasteiger partial charge in [-0.3, -0.25) is 14.3 Å². The highest BCUT2D eigenvalue weighted by molar-refractivity contribution is 7.84. The molecule has 2 rings (SSSR count). The molecule has 0 saturated carbocycles. The lowest BCUT2D eigenvalue weighted by atomic mass is 10.2. The quantitative estimate of drug-likeness (QED) is 0.534. The van der Waals surface area contributed by atoms with Crippen LogP contribution < -0.4 is 5.73 Å². The number of hydrogen-bond acceptors (Lipinski definition) is 4. The summed E-state index contributed by atoms with van der Waals surface area (Å²) in [5.41, 5.74) is 5.32. The summed E-state index contributed by atoms with van der Waals surface area (Å²) in [5, 5.41) is 10.9. The van der Waals surface area contributed by atoms with Crippen LogP contribution in [0.25, 0.3) is 0 Å². The average Bonchev–Trinajstić information content (AvgIpc) is 2.41. The van der Waals surface area contributed by atoms with Gasteiger partial charge in [0.25, 0.3) is 5.69 Å². The average molecular weight is 312 g/mol. The highest BCUT2D eigenvalue weighted by atomic mass is 32.2. The zero-order chi connectivity index (χ0) is 15.6. The summed E-state index contributed by atoms with van der Waals surface area (Å²) in [6, 6.07) is 6.24. The van der Waals surface area contributed by atoms with Crippen LogP contribution in [0.3, 0.4) is 0 Å². The zero-order valence-electron chi connectivity index (χ0n) is 10.6. The van der Waals surface area contributed by atoms with E-state index >= 15 is 0 Å². The van der Waals surface area contributed by atoms with Gasteiger partial charge in [-0.25, -0.2) is 8.78 Å². The Morgan fingerprint density at radius 1 is 1.14 bits per heavy atom. The van der Waals surface area contributed by atoms with Crippen LogP contribution >= 0.6 is 0 Å². The molecule has 0 heterocycles. The van der Waals surface area contributed by atoms with Crippen LogP contribution in [0.2, 0.25) is 0 Å². The van der Waals surface area contributed by atoms with Gasteiger partial charge in [-0.15, -0.1) is 0 Å². The van der Waals surface area contributed by atoms with Crippen LogP contribution in [0.1, 0.15) is 5.56 Å². The summed E-state index contributed by atoms with van der Waals surface area (Å²) in [4.78, 5) is 10.2. The molecule has 0 radical (unpaired) electrons. The first-order valence-corrected chi connectivity index (χ1v) is 7.06. The lowest BCUT2D eigenvalue weighted by Crippen LogP contribution is -2.04. The van der Waals surface area contributed by atoms with E-state index in [9.17, 15) is 23.1 Å². The molecule has 0 bridgehead atoms. The molecule has 5 nitrogen and oxygen atoms in total.